The van der Waals surface area contributed by atoms with E-state index >= 15 is 0 Å². The van der Waals surface area contributed by atoms with Crippen molar-refractivity contribution < 1.29 is 10.0 Å². The van der Waals surface area contributed by atoms with Gasteiger partial charge in [-0.15, -0.1) is 0 Å². The van der Waals surface area contributed by atoms with Crippen LogP contribution in [0.25, 0.3) is 0 Å². The van der Waals surface area contributed by atoms with E-state index in [4.69, 9.17) is 10.9 Å². The minimum absolute atomic E-state index is 0.211. The average Bonchev–Trinajstić information content (AvgIpc) is 2.91. The Balaban J connectivity index is 1.92. The van der Waals surface area contributed by atoms with Crippen molar-refractivity contribution in [2.45, 2.75) is 26.2 Å². The van der Waals surface area contributed by atoms with Gasteiger partial charge in [0.2, 0.25) is 5.91 Å². The molecule has 0 spiro atoms. The summed E-state index contributed by atoms with van der Waals surface area (Å²) in [4.78, 5) is 14.2. The summed E-state index contributed by atoms with van der Waals surface area (Å²) < 4.78 is 0. The number of hydrogen-bond acceptors (Lipinski definition) is 4. The van der Waals surface area contributed by atoms with Gasteiger partial charge in [-0.2, -0.15) is 11.8 Å². The van der Waals surface area contributed by atoms with E-state index in [1.807, 2.05) is 23.6 Å². The van der Waals surface area contributed by atoms with Gasteiger partial charge in [-0.05, 0) is 25.0 Å². The lowest BCUT2D eigenvalue weighted by Gasteiger charge is -2.39. The Kier molecular flexibility index (Phi) is 4.04. The molecule has 0 aromatic heterocycles. The van der Waals surface area contributed by atoms with Gasteiger partial charge in [0.1, 0.15) is 5.84 Å². The predicted octanol–water partition coefficient (Wildman–Crippen LogP) is 1.11. The minimum atomic E-state index is -0.268. The Morgan fingerprint density at radius 2 is 2.17 bits per heavy atom. The van der Waals surface area contributed by atoms with Crippen molar-refractivity contribution >= 4 is 23.5 Å². The van der Waals surface area contributed by atoms with Crippen molar-refractivity contribution in [3.63, 3.8) is 0 Å². The van der Waals surface area contributed by atoms with E-state index in [2.05, 4.69) is 5.16 Å². The second-order valence-corrected chi connectivity index (χ2v) is 6.58. The molecule has 2 aliphatic heterocycles. The van der Waals surface area contributed by atoms with E-state index in [9.17, 15) is 4.79 Å². The molecule has 3 N–H and O–H groups in total. The number of rotatable bonds is 2. The van der Waals surface area contributed by atoms with Crippen LogP contribution < -0.4 is 5.73 Å². The number of carbonyl (C=O) groups excluding carboxylic acids is 1. The van der Waals surface area contributed by atoms with Crippen LogP contribution in [0.4, 0.5) is 0 Å². The number of hydrogen-bond donors (Lipinski definition) is 2. The lowest BCUT2D eigenvalue weighted by Crippen LogP contribution is -2.48. The molecule has 1 atom stereocenters. The number of thioether (sulfide) groups is 1. The number of likely N-dealkylation sites (tertiary alicyclic amines) is 1. The molecule has 2 aliphatic rings. The summed E-state index contributed by atoms with van der Waals surface area (Å²) in [6.07, 6.45) is 2.56. The van der Waals surface area contributed by atoms with Crippen molar-refractivity contribution in [3.8, 4) is 0 Å². The summed E-state index contributed by atoms with van der Waals surface area (Å²) >= 11 is 1.86. The van der Waals surface area contributed by atoms with E-state index in [-0.39, 0.29) is 17.2 Å². The summed E-state index contributed by atoms with van der Waals surface area (Å²) in [5.74, 6) is 2.86. The first kappa shape index (κ1) is 13.5. The van der Waals surface area contributed by atoms with Crippen molar-refractivity contribution in [1.29, 1.82) is 0 Å². The SMILES string of the molecule is CC1(C(N)=NO)CCN(C(=O)C2CCSC2)CC1. The standard InChI is InChI=1S/C12H21N3O2S/c1-12(11(13)14-17)3-5-15(6-4-12)10(16)9-2-7-18-8-9/h9,17H,2-8H2,1H3,(H2,13,14). The van der Waals surface area contributed by atoms with E-state index in [1.165, 1.54) is 0 Å². The number of nitrogens with zero attached hydrogens (tertiary/aromatic N) is 2. The highest BCUT2D eigenvalue weighted by molar-refractivity contribution is 7.99. The maximum absolute atomic E-state index is 12.3. The molecular formula is C12H21N3O2S. The van der Waals surface area contributed by atoms with Crippen molar-refractivity contribution in [2.75, 3.05) is 24.6 Å². The first-order valence-electron chi connectivity index (χ1n) is 6.41. The highest BCUT2D eigenvalue weighted by atomic mass is 32.2. The van der Waals surface area contributed by atoms with Gasteiger partial charge in [-0.25, -0.2) is 0 Å². The smallest absolute Gasteiger partial charge is 0.226 e. The average molecular weight is 271 g/mol. The first-order chi connectivity index (χ1) is 8.57. The van der Waals surface area contributed by atoms with Gasteiger partial charge in [-0.3, -0.25) is 4.79 Å². The number of amidine groups is 1. The maximum Gasteiger partial charge on any atom is 0.226 e. The van der Waals surface area contributed by atoms with Crippen LogP contribution in [0.2, 0.25) is 0 Å². The Morgan fingerprint density at radius 3 is 2.67 bits per heavy atom. The van der Waals surface area contributed by atoms with Crippen LogP contribution >= 0.6 is 11.8 Å². The van der Waals surface area contributed by atoms with Gasteiger partial charge < -0.3 is 15.8 Å². The molecule has 0 radical (unpaired) electrons. The van der Waals surface area contributed by atoms with E-state index in [0.29, 0.717) is 19.0 Å². The van der Waals surface area contributed by atoms with Crippen LogP contribution in [0.15, 0.2) is 5.16 Å². The Bertz CT molecular complexity index is 345. The summed E-state index contributed by atoms with van der Waals surface area (Å²) in [6.45, 7) is 3.43. The van der Waals surface area contributed by atoms with Crippen molar-refractivity contribution in [2.24, 2.45) is 22.2 Å². The molecule has 2 rings (SSSR count). The molecule has 2 heterocycles. The normalized spacial score (nSPS) is 28.4. The number of amides is 1. The maximum atomic E-state index is 12.3. The molecule has 5 nitrogen and oxygen atoms in total. The highest BCUT2D eigenvalue weighted by Gasteiger charge is 2.37. The van der Waals surface area contributed by atoms with Gasteiger partial charge in [0.05, 0.1) is 0 Å². The quantitative estimate of drug-likeness (QED) is 0.341. The molecule has 0 bridgehead atoms. The lowest BCUT2D eigenvalue weighted by atomic mass is 9.79. The van der Waals surface area contributed by atoms with Gasteiger partial charge in [0.15, 0.2) is 0 Å². The third-order valence-corrected chi connectivity index (χ3v) is 5.35. The predicted molar refractivity (Wildman–Crippen MR) is 72.8 cm³/mol. The topological polar surface area (TPSA) is 78.9 Å². The molecule has 2 fully saturated rings. The van der Waals surface area contributed by atoms with Crippen LogP contribution in [0.1, 0.15) is 26.2 Å². The van der Waals surface area contributed by atoms with Crippen LogP contribution in [0.3, 0.4) is 0 Å². The zero-order valence-electron chi connectivity index (χ0n) is 10.8. The molecule has 0 aromatic rings. The Labute approximate surface area is 112 Å². The first-order valence-corrected chi connectivity index (χ1v) is 7.57. The van der Waals surface area contributed by atoms with Crippen LogP contribution in [-0.4, -0.2) is 46.4 Å². The third-order valence-electron chi connectivity index (χ3n) is 4.18. The molecule has 2 saturated heterocycles. The van der Waals surface area contributed by atoms with E-state index in [0.717, 1.165) is 30.8 Å². The van der Waals surface area contributed by atoms with Crippen LogP contribution in [-0.2, 0) is 4.79 Å². The number of nitrogens with two attached hydrogens (primary N) is 1. The lowest BCUT2D eigenvalue weighted by molar-refractivity contribution is -0.136. The third kappa shape index (κ3) is 2.58. The molecule has 0 aromatic carbocycles. The number of piperidine rings is 1. The zero-order chi connectivity index (χ0) is 13.2. The minimum Gasteiger partial charge on any atom is -0.409 e. The van der Waals surface area contributed by atoms with Gasteiger partial charge in [0.25, 0.3) is 0 Å². The molecule has 1 amide bonds. The zero-order valence-corrected chi connectivity index (χ0v) is 11.6. The largest absolute Gasteiger partial charge is 0.409 e. The van der Waals surface area contributed by atoms with Crippen LogP contribution in [0.5, 0.6) is 0 Å². The van der Waals surface area contributed by atoms with Gasteiger partial charge in [0, 0.05) is 30.2 Å². The second-order valence-electron chi connectivity index (χ2n) is 5.43. The van der Waals surface area contributed by atoms with E-state index in [1.54, 1.807) is 0 Å². The monoisotopic (exact) mass is 271 g/mol. The molecule has 102 valence electrons. The Morgan fingerprint density at radius 1 is 1.50 bits per heavy atom. The summed E-state index contributed by atoms with van der Waals surface area (Å²) in [5.41, 5.74) is 5.45. The van der Waals surface area contributed by atoms with Crippen molar-refractivity contribution in [3.05, 3.63) is 0 Å². The fraction of sp³-hybridized carbons (Fsp3) is 0.833. The second kappa shape index (κ2) is 5.38. The molecule has 0 saturated carbocycles. The molecule has 18 heavy (non-hydrogen) atoms. The summed E-state index contributed by atoms with van der Waals surface area (Å²) in [6, 6.07) is 0. The molecule has 1 unspecified atom stereocenters. The Hall–Kier alpha value is -0.910. The highest BCUT2D eigenvalue weighted by Crippen LogP contribution is 2.33. The van der Waals surface area contributed by atoms with Crippen molar-refractivity contribution in [1.82, 2.24) is 4.90 Å². The van der Waals surface area contributed by atoms with E-state index < -0.39 is 0 Å². The summed E-state index contributed by atoms with van der Waals surface area (Å²) in [5, 5.41) is 11.9. The molecule has 0 aliphatic carbocycles. The number of carbonyl (C=O) groups is 1. The number of oxime groups is 1. The summed E-state index contributed by atoms with van der Waals surface area (Å²) in [7, 11) is 0. The van der Waals surface area contributed by atoms with Gasteiger partial charge in [-0.1, -0.05) is 12.1 Å². The van der Waals surface area contributed by atoms with Crippen LogP contribution in [0, 0.1) is 11.3 Å². The fourth-order valence-corrected chi connectivity index (χ4v) is 3.80. The molecular weight excluding hydrogens is 250 g/mol. The molecule has 6 heteroatoms. The fourth-order valence-electron chi connectivity index (χ4n) is 2.58. The van der Waals surface area contributed by atoms with Gasteiger partial charge >= 0.3 is 0 Å².